The molecule has 0 aliphatic rings. The van der Waals surface area contributed by atoms with Gasteiger partial charge in [-0.25, -0.2) is 4.98 Å². The molecule has 6 nitrogen and oxygen atoms in total. The fraction of sp³-hybridized carbons (Fsp3) is 0.231. The van der Waals surface area contributed by atoms with Gasteiger partial charge in [-0.2, -0.15) is 5.26 Å². The molecule has 0 fully saturated rings. The van der Waals surface area contributed by atoms with Crippen LogP contribution in [0.5, 0.6) is 0 Å². The second kappa shape index (κ2) is 6.12. The van der Waals surface area contributed by atoms with Crippen molar-refractivity contribution in [3.8, 4) is 6.07 Å². The zero-order valence-electron chi connectivity index (χ0n) is 10.7. The van der Waals surface area contributed by atoms with Crippen LogP contribution in [0.3, 0.4) is 0 Å². The van der Waals surface area contributed by atoms with Crippen LogP contribution in [-0.4, -0.2) is 16.5 Å². The molecule has 0 radical (unpaired) electrons. The Morgan fingerprint density at radius 3 is 3.00 bits per heavy atom. The highest BCUT2D eigenvalue weighted by molar-refractivity contribution is 7.09. The van der Waals surface area contributed by atoms with Crippen LogP contribution in [0.4, 0.5) is 11.4 Å². The Morgan fingerprint density at radius 1 is 1.60 bits per heavy atom. The first kappa shape index (κ1) is 14.0. The van der Waals surface area contributed by atoms with E-state index in [9.17, 15) is 10.1 Å². The SMILES string of the molecule is CC(CNc1cccc(C#N)c1[N+](=O)[O-])c1nccs1. The summed E-state index contributed by atoms with van der Waals surface area (Å²) in [6.07, 6.45) is 1.73. The Balaban J connectivity index is 2.18. The zero-order chi connectivity index (χ0) is 14.5. The first-order chi connectivity index (χ1) is 9.63. The van der Waals surface area contributed by atoms with E-state index in [1.807, 2.05) is 18.4 Å². The van der Waals surface area contributed by atoms with Crippen molar-refractivity contribution in [2.75, 3.05) is 11.9 Å². The van der Waals surface area contributed by atoms with Gasteiger partial charge in [-0.15, -0.1) is 11.3 Å². The van der Waals surface area contributed by atoms with Crippen molar-refractivity contribution in [3.63, 3.8) is 0 Å². The molecule has 1 unspecified atom stereocenters. The lowest BCUT2D eigenvalue weighted by Gasteiger charge is -2.11. The fourth-order valence-electron chi connectivity index (χ4n) is 1.80. The number of nitriles is 1. The van der Waals surface area contributed by atoms with Crippen molar-refractivity contribution in [1.82, 2.24) is 4.98 Å². The van der Waals surface area contributed by atoms with E-state index in [2.05, 4.69) is 10.3 Å². The van der Waals surface area contributed by atoms with Gasteiger partial charge in [0.15, 0.2) is 0 Å². The number of nitro groups is 1. The molecule has 0 saturated carbocycles. The molecule has 1 atom stereocenters. The quantitative estimate of drug-likeness (QED) is 0.674. The fourth-order valence-corrected chi connectivity index (χ4v) is 2.50. The van der Waals surface area contributed by atoms with Crippen LogP contribution in [-0.2, 0) is 0 Å². The number of nitrogens with one attached hydrogen (secondary N) is 1. The predicted octanol–water partition coefficient (Wildman–Crippen LogP) is 3.14. The van der Waals surface area contributed by atoms with E-state index in [0.29, 0.717) is 12.2 Å². The average molecular weight is 288 g/mol. The van der Waals surface area contributed by atoms with Gasteiger partial charge >= 0.3 is 5.69 Å². The zero-order valence-corrected chi connectivity index (χ0v) is 11.6. The average Bonchev–Trinajstić information content (AvgIpc) is 2.98. The van der Waals surface area contributed by atoms with Gasteiger partial charge in [0, 0.05) is 24.0 Å². The number of aromatic nitrogens is 1. The second-order valence-corrected chi connectivity index (χ2v) is 5.15. The molecule has 102 valence electrons. The number of rotatable bonds is 5. The van der Waals surface area contributed by atoms with E-state index < -0.39 is 4.92 Å². The summed E-state index contributed by atoms with van der Waals surface area (Å²) in [5, 5.41) is 25.9. The van der Waals surface area contributed by atoms with E-state index >= 15 is 0 Å². The molecule has 0 aliphatic carbocycles. The number of hydrogen-bond donors (Lipinski definition) is 1. The number of nitro benzene ring substituents is 1. The first-order valence-corrected chi connectivity index (χ1v) is 6.82. The lowest BCUT2D eigenvalue weighted by atomic mass is 10.1. The molecule has 2 rings (SSSR count). The molecule has 0 saturated heterocycles. The summed E-state index contributed by atoms with van der Waals surface area (Å²) in [4.78, 5) is 14.8. The number of benzene rings is 1. The summed E-state index contributed by atoms with van der Waals surface area (Å²) in [5.41, 5.74) is 0.237. The Morgan fingerprint density at radius 2 is 2.40 bits per heavy atom. The summed E-state index contributed by atoms with van der Waals surface area (Å²) in [6.45, 7) is 2.51. The summed E-state index contributed by atoms with van der Waals surface area (Å²) >= 11 is 1.55. The largest absolute Gasteiger partial charge is 0.379 e. The molecule has 1 aromatic carbocycles. The van der Waals surface area contributed by atoms with E-state index in [1.54, 1.807) is 29.7 Å². The van der Waals surface area contributed by atoms with Gasteiger partial charge in [-0.3, -0.25) is 10.1 Å². The molecule has 1 aromatic heterocycles. The van der Waals surface area contributed by atoms with E-state index in [4.69, 9.17) is 5.26 Å². The number of anilines is 1. The molecule has 2 aromatic rings. The predicted molar refractivity (Wildman–Crippen MR) is 76.8 cm³/mol. The molecular weight excluding hydrogens is 276 g/mol. The van der Waals surface area contributed by atoms with E-state index in [0.717, 1.165) is 5.01 Å². The van der Waals surface area contributed by atoms with E-state index in [1.165, 1.54) is 6.07 Å². The monoisotopic (exact) mass is 288 g/mol. The molecule has 1 N–H and O–H groups in total. The number of thiazole rings is 1. The molecule has 0 aliphatic heterocycles. The van der Waals surface area contributed by atoms with Crippen molar-refractivity contribution >= 4 is 22.7 Å². The van der Waals surface area contributed by atoms with Crippen LogP contribution in [0.1, 0.15) is 23.4 Å². The van der Waals surface area contributed by atoms with Gasteiger partial charge in [-0.05, 0) is 12.1 Å². The van der Waals surface area contributed by atoms with E-state index in [-0.39, 0.29) is 17.2 Å². The third kappa shape index (κ3) is 2.92. The van der Waals surface area contributed by atoms with Crippen LogP contribution < -0.4 is 5.32 Å². The van der Waals surface area contributed by atoms with Gasteiger partial charge < -0.3 is 5.32 Å². The maximum Gasteiger partial charge on any atom is 0.309 e. The standard InChI is InChI=1S/C13H12N4O2S/c1-9(13-15-5-6-20-13)8-16-11-4-2-3-10(7-14)12(11)17(18)19/h2-6,9,16H,8H2,1H3. The highest BCUT2D eigenvalue weighted by Gasteiger charge is 2.20. The molecule has 7 heteroatoms. The Kier molecular flexibility index (Phi) is 4.27. The molecule has 0 spiro atoms. The molecule has 20 heavy (non-hydrogen) atoms. The van der Waals surface area contributed by atoms with Crippen molar-refractivity contribution in [2.45, 2.75) is 12.8 Å². The Bertz CT molecular complexity index is 649. The lowest BCUT2D eigenvalue weighted by Crippen LogP contribution is -2.11. The van der Waals surface area contributed by atoms with Crippen LogP contribution in [0.15, 0.2) is 29.8 Å². The summed E-state index contributed by atoms with van der Waals surface area (Å²) in [7, 11) is 0. The van der Waals surface area contributed by atoms with Gasteiger partial charge in [0.2, 0.25) is 0 Å². The smallest absolute Gasteiger partial charge is 0.309 e. The van der Waals surface area contributed by atoms with Crippen molar-refractivity contribution < 1.29 is 4.92 Å². The maximum atomic E-state index is 11.1. The van der Waals surface area contributed by atoms with Gasteiger partial charge in [0.1, 0.15) is 17.3 Å². The van der Waals surface area contributed by atoms with Gasteiger partial charge in [-0.1, -0.05) is 13.0 Å². The van der Waals surface area contributed by atoms with Crippen LogP contribution in [0, 0.1) is 21.4 Å². The molecule has 0 bridgehead atoms. The number of para-hydroxylation sites is 1. The normalized spacial score (nSPS) is 11.6. The number of nitrogens with zero attached hydrogens (tertiary/aromatic N) is 3. The summed E-state index contributed by atoms with van der Waals surface area (Å²) in [6, 6.07) is 6.51. The topological polar surface area (TPSA) is 91.8 Å². The third-order valence-corrected chi connectivity index (χ3v) is 3.82. The minimum absolute atomic E-state index is 0.0573. The molecule has 0 amide bonds. The number of hydrogen-bond acceptors (Lipinski definition) is 6. The van der Waals surface area contributed by atoms with Crippen molar-refractivity contribution in [2.24, 2.45) is 0 Å². The van der Waals surface area contributed by atoms with Crippen LogP contribution in [0.25, 0.3) is 0 Å². The van der Waals surface area contributed by atoms with Crippen molar-refractivity contribution in [1.29, 1.82) is 5.26 Å². The summed E-state index contributed by atoms with van der Waals surface area (Å²) in [5.74, 6) is 0.139. The van der Waals surface area contributed by atoms with Crippen LogP contribution in [0.2, 0.25) is 0 Å². The second-order valence-electron chi connectivity index (χ2n) is 4.22. The highest BCUT2D eigenvalue weighted by atomic mass is 32.1. The summed E-state index contributed by atoms with van der Waals surface area (Å²) < 4.78 is 0. The molecule has 1 heterocycles. The van der Waals surface area contributed by atoms with Gasteiger partial charge in [0.05, 0.1) is 9.93 Å². The minimum Gasteiger partial charge on any atom is -0.379 e. The minimum atomic E-state index is -0.533. The van der Waals surface area contributed by atoms with Gasteiger partial charge in [0.25, 0.3) is 0 Å². The molecular formula is C13H12N4O2S. The maximum absolute atomic E-state index is 11.1. The Labute approximate surface area is 119 Å². The lowest BCUT2D eigenvalue weighted by molar-refractivity contribution is -0.384. The Hall–Kier alpha value is -2.46. The van der Waals surface area contributed by atoms with Crippen LogP contribution >= 0.6 is 11.3 Å². The third-order valence-electron chi connectivity index (χ3n) is 2.81. The highest BCUT2D eigenvalue weighted by Crippen LogP contribution is 2.29. The van der Waals surface area contributed by atoms with Crippen molar-refractivity contribution in [3.05, 3.63) is 50.5 Å². The first-order valence-electron chi connectivity index (χ1n) is 5.94.